The minimum absolute atomic E-state index is 0.00149. The van der Waals surface area contributed by atoms with Gasteiger partial charge in [0.15, 0.2) is 0 Å². The molecule has 0 aliphatic rings. The van der Waals surface area contributed by atoms with E-state index in [4.69, 9.17) is 0 Å². The van der Waals surface area contributed by atoms with Gasteiger partial charge in [-0.05, 0) is 42.9 Å². The summed E-state index contributed by atoms with van der Waals surface area (Å²) in [6.07, 6.45) is 2.26. The van der Waals surface area contributed by atoms with E-state index in [9.17, 15) is 17.6 Å². The number of benzene rings is 2. The summed E-state index contributed by atoms with van der Waals surface area (Å²) in [4.78, 5) is 12.4. The highest BCUT2D eigenvalue weighted by molar-refractivity contribution is 7.92. The molecule has 0 fully saturated rings. The molecule has 2 aromatic carbocycles. The molecule has 1 atom stereocenters. The van der Waals surface area contributed by atoms with Gasteiger partial charge in [0, 0.05) is 19.0 Å². The van der Waals surface area contributed by atoms with Crippen molar-refractivity contribution in [3.63, 3.8) is 0 Å². The van der Waals surface area contributed by atoms with Gasteiger partial charge in [0.2, 0.25) is 15.9 Å². The van der Waals surface area contributed by atoms with E-state index in [0.717, 1.165) is 17.0 Å². The van der Waals surface area contributed by atoms with Gasteiger partial charge in [0.05, 0.1) is 11.9 Å². The number of hydrogen-bond acceptors (Lipinski definition) is 3. The number of sulfonamides is 1. The molecule has 0 heterocycles. The fraction of sp³-hybridized carbons (Fsp3) is 0.435. The topological polar surface area (TPSA) is 66.5 Å². The molecule has 0 aromatic heterocycles. The Labute approximate surface area is 179 Å². The van der Waals surface area contributed by atoms with Crippen molar-refractivity contribution in [3.05, 3.63) is 66.0 Å². The second-order valence-corrected chi connectivity index (χ2v) is 10.2. The van der Waals surface area contributed by atoms with Crippen LogP contribution in [0.3, 0.4) is 0 Å². The van der Waals surface area contributed by atoms with E-state index in [1.165, 1.54) is 23.8 Å². The van der Waals surface area contributed by atoms with Crippen LogP contribution in [0.2, 0.25) is 0 Å². The number of rotatable bonds is 10. The molecular formula is C23H31FN2O3S. The summed E-state index contributed by atoms with van der Waals surface area (Å²) in [6, 6.07) is 15.8. The fourth-order valence-corrected chi connectivity index (χ4v) is 4.64. The lowest BCUT2D eigenvalue weighted by atomic mass is 9.79. The van der Waals surface area contributed by atoms with E-state index in [2.05, 4.69) is 31.3 Å². The molecule has 0 radical (unpaired) electrons. The van der Waals surface area contributed by atoms with Gasteiger partial charge in [-0.1, -0.05) is 56.3 Å². The molecule has 0 saturated heterocycles. The SMILES string of the molecule is C[C@H](CC(C)(C)c1ccccc1)NC(=O)CCCN(c1ccccc1F)S(C)(=O)=O. The van der Waals surface area contributed by atoms with E-state index in [1.54, 1.807) is 6.07 Å². The number of carbonyl (C=O) groups excluding carboxylic acids is 1. The van der Waals surface area contributed by atoms with Gasteiger partial charge in [-0.2, -0.15) is 0 Å². The van der Waals surface area contributed by atoms with Crippen LogP contribution in [0.4, 0.5) is 10.1 Å². The molecule has 0 bridgehead atoms. The summed E-state index contributed by atoms with van der Waals surface area (Å²) in [7, 11) is -3.65. The van der Waals surface area contributed by atoms with Crippen molar-refractivity contribution in [2.75, 3.05) is 17.1 Å². The minimum Gasteiger partial charge on any atom is -0.354 e. The summed E-state index contributed by atoms with van der Waals surface area (Å²) < 4.78 is 39.2. The Morgan fingerprint density at radius 2 is 1.70 bits per heavy atom. The Morgan fingerprint density at radius 1 is 1.10 bits per heavy atom. The number of nitrogens with one attached hydrogen (secondary N) is 1. The normalized spacial score (nSPS) is 13.0. The molecular weight excluding hydrogens is 403 g/mol. The summed E-state index contributed by atoms with van der Waals surface area (Å²) in [5.41, 5.74) is 1.12. The van der Waals surface area contributed by atoms with Crippen LogP contribution in [0.15, 0.2) is 54.6 Å². The predicted octanol–water partition coefficient (Wildman–Crippen LogP) is 4.24. The van der Waals surface area contributed by atoms with Crippen molar-refractivity contribution >= 4 is 21.6 Å². The Balaban J connectivity index is 1.89. The third-order valence-corrected chi connectivity index (χ3v) is 6.25. The zero-order chi connectivity index (χ0) is 22.4. The first-order valence-electron chi connectivity index (χ1n) is 10.1. The number of hydrogen-bond donors (Lipinski definition) is 1. The first kappa shape index (κ1) is 23.9. The largest absolute Gasteiger partial charge is 0.354 e. The number of anilines is 1. The first-order chi connectivity index (χ1) is 14.0. The van der Waals surface area contributed by atoms with E-state index in [1.807, 2.05) is 25.1 Å². The molecule has 0 aliphatic carbocycles. The van der Waals surface area contributed by atoms with Crippen LogP contribution in [-0.2, 0) is 20.2 Å². The first-order valence-corrected chi connectivity index (χ1v) is 11.9. The van der Waals surface area contributed by atoms with Gasteiger partial charge in [0.1, 0.15) is 5.82 Å². The average molecular weight is 435 g/mol. The number of halogens is 1. The molecule has 7 heteroatoms. The third-order valence-electron chi connectivity index (χ3n) is 5.07. The van der Waals surface area contributed by atoms with Gasteiger partial charge < -0.3 is 5.32 Å². The minimum atomic E-state index is -3.65. The predicted molar refractivity (Wildman–Crippen MR) is 120 cm³/mol. The molecule has 1 amide bonds. The lowest BCUT2D eigenvalue weighted by Gasteiger charge is -2.29. The lowest BCUT2D eigenvalue weighted by Crippen LogP contribution is -2.38. The Bertz CT molecular complexity index is 946. The molecule has 5 nitrogen and oxygen atoms in total. The second kappa shape index (κ2) is 10.1. The van der Waals surface area contributed by atoms with Crippen molar-refractivity contribution in [1.82, 2.24) is 5.32 Å². The Hall–Kier alpha value is -2.41. The molecule has 2 rings (SSSR count). The summed E-state index contributed by atoms with van der Waals surface area (Å²) in [5, 5.41) is 2.99. The van der Waals surface area contributed by atoms with E-state index >= 15 is 0 Å². The van der Waals surface area contributed by atoms with Crippen LogP contribution in [0.1, 0.15) is 45.6 Å². The van der Waals surface area contributed by atoms with Crippen molar-refractivity contribution in [3.8, 4) is 0 Å². The van der Waals surface area contributed by atoms with Gasteiger partial charge in [0.25, 0.3) is 0 Å². The van der Waals surface area contributed by atoms with Gasteiger partial charge in [-0.3, -0.25) is 9.10 Å². The highest BCUT2D eigenvalue weighted by Crippen LogP contribution is 2.28. The summed E-state index contributed by atoms with van der Waals surface area (Å²) >= 11 is 0. The lowest BCUT2D eigenvalue weighted by molar-refractivity contribution is -0.121. The van der Waals surface area contributed by atoms with E-state index in [0.29, 0.717) is 6.42 Å². The van der Waals surface area contributed by atoms with Crippen LogP contribution >= 0.6 is 0 Å². The highest BCUT2D eigenvalue weighted by atomic mass is 32.2. The van der Waals surface area contributed by atoms with Crippen LogP contribution in [0.5, 0.6) is 0 Å². The highest BCUT2D eigenvalue weighted by Gasteiger charge is 2.24. The Morgan fingerprint density at radius 3 is 2.30 bits per heavy atom. The van der Waals surface area contributed by atoms with Crippen LogP contribution in [0.25, 0.3) is 0 Å². The quantitative estimate of drug-likeness (QED) is 0.608. The van der Waals surface area contributed by atoms with Crippen molar-refractivity contribution in [1.29, 1.82) is 0 Å². The molecule has 1 N–H and O–H groups in total. The number of nitrogens with zero attached hydrogens (tertiary/aromatic N) is 1. The molecule has 2 aromatic rings. The Kier molecular flexibility index (Phi) is 8.01. The number of carbonyl (C=O) groups is 1. The molecule has 0 spiro atoms. The van der Waals surface area contributed by atoms with Crippen LogP contribution < -0.4 is 9.62 Å². The zero-order valence-electron chi connectivity index (χ0n) is 18.1. The molecule has 0 unspecified atom stereocenters. The number of para-hydroxylation sites is 1. The smallest absolute Gasteiger partial charge is 0.232 e. The summed E-state index contributed by atoms with van der Waals surface area (Å²) in [6.45, 7) is 6.29. The van der Waals surface area contributed by atoms with Crippen molar-refractivity contribution in [2.24, 2.45) is 0 Å². The monoisotopic (exact) mass is 434 g/mol. The maximum Gasteiger partial charge on any atom is 0.232 e. The van der Waals surface area contributed by atoms with Crippen LogP contribution in [0, 0.1) is 5.82 Å². The van der Waals surface area contributed by atoms with E-state index in [-0.39, 0.29) is 36.0 Å². The molecule has 0 saturated carbocycles. The third kappa shape index (κ3) is 6.83. The van der Waals surface area contributed by atoms with Gasteiger partial charge in [-0.15, -0.1) is 0 Å². The van der Waals surface area contributed by atoms with Crippen molar-refractivity contribution in [2.45, 2.75) is 51.5 Å². The maximum absolute atomic E-state index is 14.0. The molecule has 164 valence electrons. The van der Waals surface area contributed by atoms with Gasteiger partial charge >= 0.3 is 0 Å². The summed E-state index contributed by atoms with van der Waals surface area (Å²) in [5.74, 6) is -0.752. The number of amides is 1. The standard InChI is InChI=1S/C23H31FN2O3S/c1-18(17-23(2,3)19-11-6-5-7-12-19)25-22(27)15-10-16-26(30(4,28)29)21-14-9-8-13-20(21)24/h5-9,11-14,18H,10,15-17H2,1-4H3,(H,25,27)/t18-/m1/s1. The van der Waals surface area contributed by atoms with Crippen molar-refractivity contribution < 1.29 is 17.6 Å². The maximum atomic E-state index is 14.0. The van der Waals surface area contributed by atoms with E-state index < -0.39 is 15.8 Å². The molecule has 0 aliphatic heterocycles. The fourth-order valence-electron chi connectivity index (χ4n) is 3.67. The second-order valence-electron chi connectivity index (χ2n) is 8.31. The van der Waals surface area contributed by atoms with Crippen LogP contribution in [-0.4, -0.2) is 33.2 Å². The van der Waals surface area contributed by atoms with Gasteiger partial charge in [-0.25, -0.2) is 12.8 Å². The average Bonchev–Trinajstić information content (AvgIpc) is 2.65. The molecule has 30 heavy (non-hydrogen) atoms. The zero-order valence-corrected chi connectivity index (χ0v) is 18.9.